The molecule has 0 aliphatic rings. The Labute approximate surface area is 84.5 Å². The summed E-state index contributed by atoms with van der Waals surface area (Å²) in [5.41, 5.74) is 6.21. The van der Waals surface area contributed by atoms with E-state index >= 15 is 0 Å². The lowest BCUT2D eigenvalue weighted by Crippen LogP contribution is -2.08. The first-order chi connectivity index (χ1) is 6.79. The Bertz CT molecular complexity index is 276. The van der Waals surface area contributed by atoms with E-state index in [1.54, 1.807) is 0 Å². The molecule has 1 aromatic carbocycles. The molecular weight excluding hydrogens is 178 g/mol. The number of hydrogen-bond acceptors (Lipinski definition) is 3. The molecule has 0 bridgehead atoms. The van der Waals surface area contributed by atoms with Crippen molar-refractivity contribution < 1.29 is 9.84 Å². The second-order valence-corrected chi connectivity index (χ2v) is 3.06. The third-order valence-electron chi connectivity index (χ3n) is 2.02. The molecule has 14 heavy (non-hydrogen) atoms. The van der Waals surface area contributed by atoms with E-state index in [1.807, 2.05) is 31.2 Å². The number of nitrogens with two attached hydrogens (primary N) is 1. The van der Waals surface area contributed by atoms with Crippen molar-refractivity contribution >= 4 is 0 Å². The Morgan fingerprint density at radius 1 is 1.43 bits per heavy atom. The van der Waals surface area contributed by atoms with E-state index in [2.05, 4.69) is 0 Å². The van der Waals surface area contributed by atoms with Crippen molar-refractivity contribution in [2.24, 2.45) is 5.73 Å². The van der Waals surface area contributed by atoms with E-state index < -0.39 is 6.10 Å². The second-order valence-electron chi connectivity index (χ2n) is 3.06. The summed E-state index contributed by atoms with van der Waals surface area (Å²) in [6, 6.07) is 7.51. The van der Waals surface area contributed by atoms with E-state index in [0.29, 0.717) is 19.6 Å². The van der Waals surface area contributed by atoms with Gasteiger partial charge >= 0.3 is 0 Å². The Hall–Kier alpha value is -1.06. The fourth-order valence-electron chi connectivity index (χ4n) is 1.36. The van der Waals surface area contributed by atoms with Crippen LogP contribution in [0, 0.1) is 0 Å². The Morgan fingerprint density at radius 2 is 2.14 bits per heavy atom. The van der Waals surface area contributed by atoms with Gasteiger partial charge in [-0.2, -0.15) is 0 Å². The van der Waals surface area contributed by atoms with Gasteiger partial charge in [0.1, 0.15) is 5.75 Å². The molecule has 0 amide bonds. The topological polar surface area (TPSA) is 55.5 Å². The summed E-state index contributed by atoms with van der Waals surface area (Å²) >= 11 is 0. The van der Waals surface area contributed by atoms with Crippen LogP contribution in [0.15, 0.2) is 24.3 Å². The minimum Gasteiger partial charge on any atom is -0.493 e. The van der Waals surface area contributed by atoms with Crippen LogP contribution in [0.5, 0.6) is 5.75 Å². The molecule has 0 saturated carbocycles. The average molecular weight is 195 g/mol. The highest BCUT2D eigenvalue weighted by atomic mass is 16.5. The first-order valence-electron chi connectivity index (χ1n) is 4.89. The largest absolute Gasteiger partial charge is 0.493 e. The van der Waals surface area contributed by atoms with E-state index in [-0.39, 0.29) is 0 Å². The van der Waals surface area contributed by atoms with Gasteiger partial charge in [-0.1, -0.05) is 18.2 Å². The van der Waals surface area contributed by atoms with Gasteiger partial charge in [-0.05, 0) is 26.0 Å². The molecule has 0 spiro atoms. The summed E-state index contributed by atoms with van der Waals surface area (Å²) in [6.45, 7) is 3.00. The zero-order valence-corrected chi connectivity index (χ0v) is 8.44. The Balaban J connectivity index is 2.82. The molecule has 0 fully saturated rings. The SMILES string of the molecule is CCOc1ccccc1[C@H](O)CCN. The molecule has 1 atom stereocenters. The fourth-order valence-corrected chi connectivity index (χ4v) is 1.36. The zero-order chi connectivity index (χ0) is 10.4. The molecule has 78 valence electrons. The first kappa shape index (κ1) is 11.0. The number of ether oxygens (including phenoxy) is 1. The molecule has 1 aromatic rings. The Morgan fingerprint density at radius 3 is 2.79 bits per heavy atom. The number of benzene rings is 1. The molecule has 0 heterocycles. The lowest BCUT2D eigenvalue weighted by Gasteiger charge is -2.14. The van der Waals surface area contributed by atoms with Crippen LogP contribution in [-0.4, -0.2) is 18.3 Å². The third-order valence-corrected chi connectivity index (χ3v) is 2.02. The number of aliphatic hydroxyl groups excluding tert-OH is 1. The van der Waals surface area contributed by atoms with Crippen LogP contribution in [-0.2, 0) is 0 Å². The standard InChI is InChI=1S/C11H17NO2/c1-2-14-11-6-4-3-5-9(11)10(13)7-8-12/h3-6,10,13H,2,7-8,12H2,1H3/t10-/m1/s1. The van der Waals surface area contributed by atoms with Crippen molar-refractivity contribution in [3.63, 3.8) is 0 Å². The average Bonchev–Trinajstić information content (AvgIpc) is 2.19. The molecule has 0 aliphatic heterocycles. The molecule has 0 aromatic heterocycles. The number of aliphatic hydroxyl groups is 1. The van der Waals surface area contributed by atoms with Gasteiger partial charge in [0.15, 0.2) is 0 Å². The van der Waals surface area contributed by atoms with E-state index in [1.165, 1.54) is 0 Å². The number of para-hydroxylation sites is 1. The highest BCUT2D eigenvalue weighted by molar-refractivity contribution is 5.35. The fraction of sp³-hybridized carbons (Fsp3) is 0.455. The first-order valence-corrected chi connectivity index (χ1v) is 4.89. The zero-order valence-electron chi connectivity index (χ0n) is 8.44. The molecule has 0 aliphatic carbocycles. The van der Waals surface area contributed by atoms with Gasteiger partial charge in [-0.15, -0.1) is 0 Å². The van der Waals surface area contributed by atoms with Crippen LogP contribution in [0.1, 0.15) is 25.0 Å². The quantitative estimate of drug-likeness (QED) is 0.748. The maximum absolute atomic E-state index is 9.77. The van der Waals surface area contributed by atoms with Crippen LogP contribution in [0.2, 0.25) is 0 Å². The van der Waals surface area contributed by atoms with Gasteiger partial charge in [0.05, 0.1) is 12.7 Å². The molecular formula is C11H17NO2. The summed E-state index contributed by atoms with van der Waals surface area (Å²) in [5.74, 6) is 0.746. The highest BCUT2D eigenvalue weighted by Gasteiger charge is 2.11. The van der Waals surface area contributed by atoms with Crippen molar-refractivity contribution in [3.8, 4) is 5.75 Å². The van der Waals surface area contributed by atoms with Gasteiger partial charge in [-0.3, -0.25) is 0 Å². The van der Waals surface area contributed by atoms with E-state index in [4.69, 9.17) is 10.5 Å². The van der Waals surface area contributed by atoms with Crippen LogP contribution < -0.4 is 10.5 Å². The smallest absolute Gasteiger partial charge is 0.125 e. The summed E-state index contributed by atoms with van der Waals surface area (Å²) in [4.78, 5) is 0. The van der Waals surface area contributed by atoms with Crippen LogP contribution in [0.3, 0.4) is 0 Å². The predicted octanol–water partition coefficient (Wildman–Crippen LogP) is 1.47. The maximum atomic E-state index is 9.77. The molecule has 3 nitrogen and oxygen atoms in total. The van der Waals surface area contributed by atoms with Crippen molar-refractivity contribution in [1.82, 2.24) is 0 Å². The minimum absolute atomic E-state index is 0.474. The molecule has 3 N–H and O–H groups in total. The molecule has 0 radical (unpaired) electrons. The molecule has 0 saturated heterocycles. The molecule has 3 heteroatoms. The normalized spacial score (nSPS) is 12.5. The maximum Gasteiger partial charge on any atom is 0.125 e. The van der Waals surface area contributed by atoms with Gasteiger partial charge in [-0.25, -0.2) is 0 Å². The van der Waals surface area contributed by atoms with Crippen molar-refractivity contribution in [2.45, 2.75) is 19.4 Å². The third kappa shape index (κ3) is 2.72. The predicted molar refractivity (Wildman–Crippen MR) is 56.2 cm³/mol. The van der Waals surface area contributed by atoms with Gasteiger partial charge in [0.25, 0.3) is 0 Å². The number of hydrogen-bond donors (Lipinski definition) is 2. The second kappa shape index (κ2) is 5.62. The summed E-state index contributed by atoms with van der Waals surface area (Å²) in [6.07, 6.45) is 0.0344. The lowest BCUT2D eigenvalue weighted by molar-refractivity contribution is 0.164. The van der Waals surface area contributed by atoms with Gasteiger partial charge in [0.2, 0.25) is 0 Å². The Kier molecular flexibility index (Phi) is 4.43. The van der Waals surface area contributed by atoms with E-state index in [9.17, 15) is 5.11 Å². The number of rotatable bonds is 5. The van der Waals surface area contributed by atoms with Crippen LogP contribution in [0.25, 0.3) is 0 Å². The van der Waals surface area contributed by atoms with Crippen molar-refractivity contribution in [3.05, 3.63) is 29.8 Å². The summed E-state index contributed by atoms with van der Waals surface area (Å²) in [7, 11) is 0. The lowest BCUT2D eigenvalue weighted by atomic mass is 10.1. The molecule has 1 rings (SSSR count). The van der Waals surface area contributed by atoms with Gasteiger partial charge in [0, 0.05) is 5.56 Å². The highest BCUT2D eigenvalue weighted by Crippen LogP contribution is 2.26. The minimum atomic E-state index is -0.525. The van der Waals surface area contributed by atoms with Crippen molar-refractivity contribution in [2.75, 3.05) is 13.2 Å². The van der Waals surface area contributed by atoms with E-state index in [0.717, 1.165) is 11.3 Å². The van der Waals surface area contributed by atoms with Gasteiger partial charge < -0.3 is 15.6 Å². The monoisotopic (exact) mass is 195 g/mol. The summed E-state index contributed by atoms with van der Waals surface area (Å²) < 4.78 is 5.40. The summed E-state index contributed by atoms with van der Waals surface area (Å²) in [5, 5.41) is 9.77. The van der Waals surface area contributed by atoms with Crippen molar-refractivity contribution in [1.29, 1.82) is 0 Å². The van der Waals surface area contributed by atoms with Crippen LogP contribution in [0.4, 0.5) is 0 Å². The molecule has 0 unspecified atom stereocenters. The van der Waals surface area contributed by atoms with Crippen LogP contribution >= 0.6 is 0 Å².